The average Bonchev–Trinajstić information content (AvgIpc) is 2.58. The number of aryl methyl sites for hydroxylation is 2. The molecule has 0 fully saturated rings. The lowest BCUT2D eigenvalue weighted by atomic mass is 10.2. The van der Waals surface area contributed by atoms with Crippen LogP contribution in [0.15, 0.2) is 18.5 Å². The van der Waals surface area contributed by atoms with Gasteiger partial charge in [-0.2, -0.15) is 5.10 Å². The van der Waals surface area contributed by atoms with Crippen LogP contribution in [0, 0.1) is 6.92 Å². The van der Waals surface area contributed by atoms with Gasteiger partial charge in [0.2, 0.25) is 0 Å². The van der Waals surface area contributed by atoms with Gasteiger partial charge in [-0.1, -0.05) is 0 Å². The highest BCUT2D eigenvalue weighted by atomic mass is 15.3. The Hall–Kier alpha value is -1.95. The molecule has 2 rings (SSSR count). The Morgan fingerprint density at radius 1 is 1.47 bits per heavy atom. The molecule has 2 aromatic rings. The Kier molecular flexibility index (Phi) is 2.34. The molecule has 6 nitrogen and oxygen atoms in total. The van der Waals surface area contributed by atoms with Crippen molar-refractivity contribution in [2.75, 3.05) is 5.43 Å². The fourth-order valence-electron chi connectivity index (χ4n) is 1.39. The van der Waals surface area contributed by atoms with Crippen LogP contribution in [0.5, 0.6) is 0 Å². The topological polar surface area (TPSA) is 81.7 Å². The van der Waals surface area contributed by atoms with Crippen molar-refractivity contribution in [1.29, 1.82) is 0 Å². The van der Waals surface area contributed by atoms with Crippen LogP contribution in [-0.2, 0) is 7.05 Å². The molecule has 0 amide bonds. The molecule has 0 saturated heterocycles. The van der Waals surface area contributed by atoms with Crippen molar-refractivity contribution in [2.24, 2.45) is 12.9 Å². The van der Waals surface area contributed by atoms with Crippen LogP contribution < -0.4 is 11.3 Å². The number of hydrazine groups is 1. The van der Waals surface area contributed by atoms with Crippen molar-refractivity contribution >= 4 is 5.82 Å². The zero-order valence-electron chi connectivity index (χ0n) is 8.60. The van der Waals surface area contributed by atoms with Crippen LogP contribution in [0.4, 0.5) is 5.82 Å². The van der Waals surface area contributed by atoms with Crippen LogP contribution in [0.2, 0.25) is 0 Å². The number of hydrogen-bond acceptors (Lipinski definition) is 5. The largest absolute Gasteiger partial charge is 0.308 e. The zero-order chi connectivity index (χ0) is 10.8. The summed E-state index contributed by atoms with van der Waals surface area (Å²) >= 11 is 0. The minimum absolute atomic E-state index is 0.586. The van der Waals surface area contributed by atoms with Crippen molar-refractivity contribution in [3.05, 3.63) is 24.2 Å². The molecule has 0 aromatic carbocycles. The summed E-state index contributed by atoms with van der Waals surface area (Å²) in [5.74, 6) is 6.49. The van der Waals surface area contributed by atoms with Crippen LogP contribution in [0.1, 0.15) is 5.69 Å². The fourth-order valence-corrected chi connectivity index (χ4v) is 1.39. The van der Waals surface area contributed by atoms with Crippen molar-refractivity contribution in [3.63, 3.8) is 0 Å². The van der Waals surface area contributed by atoms with Gasteiger partial charge >= 0.3 is 0 Å². The smallest absolute Gasteiger partial charge is 0.165 e. The van der Waals surface area contributed by atoms with Crippen molar-refractivity contribution in [2.45, 2.75) is 6.92 Å². The Bertz CT molecular complexity index is 475. The summed E-state index contributed by atoms with van der Waals surface area (Å²) in [6.07, 6.45) is 3.54. The number of aromatic nitrogens is 4. The van der Waals surface area contributed by atoms with Crippen LogP contribution in [-0.4, -0.2) is 19.7 Å². The van der Waals surface area contributed by atoms with Gasteiger partial charge in [-0.3, -0.25) is 4.68 Å². The van der Waals surface area contributed by atoms with Gasteiger partial charge in [-0.05, 0) is 6.92 Å². The van der Waals surface area contributed by atoms with Gasteiger partial charge < -0.3 is 5.43 Å². The number of hydrogen-bond donors (Lipinski definition) is 2. The first-order chi connectivity index (χ1) is 7.20. The van der Waals surface area contributed by atoms with Gasteiger partial charge in [-0.25, -0.2) is 15.8 Å². The average molecular weight is 204 g/mol. The second-order valence-corrected chi connectivity index (χ2v) is 3.21. The predicted octanol–water partition coefficient (Wildman–Crippen LogP) is 0.471. The number of nitrogens with two attached hydrogens (primary N) is 1. The van der Waals surface area contributed by atoms with Crippen LogP contribution in [0.3, 0.4) is 0 Å². The molecule has 0 aliphatic heterocycles. The monoisotopic (exact) mass is 204 g/mol. The molecular weight excluding hydrogens is 192 g/mol. The first-order valence-corrected chi connectivity index (χ1v) is 4.51. The first kappa shape index (κ1) is 9.60. The molecule has 0 aliphatic rings. The summed E-state index contributed by atoms with van der Waals surface area (Å²) in [5.41, 5.74) is 4.29. The zero-order valence-corrected chi connectivity index (χ0v) is 8.60. The molecule has 0 radical (unpaired) electrons. The number of nitrogens with zero attached hydrogens (tertiary/aromatic N) is 4. The van der Waals surface area contributed by atoms with Gasteiger partial charge in [0.1, 0.15) is 5.82 Å². The number of nitrogen functional groups attached to an aromatic ring is 1. The summed E-state index contributed by atoms with van der Waals surface area (Å²) in [6.45, 7) is 1.92. The molecule has 15 heavy (non-hydrogen) atoms. The van der Waals surface area contributed by atoms with Crippen LogP contribution in [0.25, 0.3) is 11.4 Å². The van der Waals surface area contributed by atoms with E-state index >= 15 is 0 Å². The van der Waals surface area contributed by atoms with E-state index in [2.05, 4.69) is 20.5 Å². The van der Waals surface area contributed by atoms with Crippen molar-refractivity contribution in [3.8, 4) is 11.4 Å². The van der Waals surface area contributed by atoms with Gasteiger partial charge in [-0.15, -0.1) is 0 Å². The maximum Gasteiger partial charge on any atom is 0.165 e. The lowest BCUT2D eigenvalue weighted by Gasteiger charge is -2.00. The maximum atomic E-state index is 5.28. The Morgan fingerprint density at radius 2 is 2.27 bits per heavy atom. The van der Waals surface area contributed by atoms with Crippen molar-refractivity contribution in [1.82, 2.24) is 19.7 Å². The fraction of sp³-hybridized carbons (Fsp3) is 0.222. The first-order valence-electron chi connectivity index (χ1n) is 4.51. The van der Waals surface area contributed by atoms with Crippen LogP contribution >= 0.6 is 0 Å². The molecule has 78 valence electrons. The number of anilines is 1. The predicted molar refractivity (Wildman–Crippen MR) is 56.8 cm³/mol. The standard InChI is InChI=1S/C9H12N6/c1-6-7(5-15(2)14-6)9-11-4-3-8(12-9)13-10/h3-5H,10H2,1-2H3,(H,11,12,13). The molecule has 0 atom stereocenters. The minimum Gasteiger partial charge on any atom is -0.308 e. The van der Waals surface area contributed by atoms with Crippen molar-refractivity contribution < 1.29 is 0 Å². The van der Waals surface area contributed by atoms with E-state index in [4.69, 9.17) is 5.84 Å². The summed E-state index contributed by atoms with van der Waals surface area (Å²) in [5, 5.41) is 4.23. The molecule has 0 aliphatic carbocycles. The van der Waals surface area contributed by atoms with E-state index < -0.39 is 0 Å². The maximum absolute atomic E-state index is 5.28. The summed E-state index contributed by atoms with van der Waals surface area (Å²) < 4.78 is 1.73. The molecule has 3 N–H and O–H groups in total. The molecule has 0 unspecified atom stereocenters. The molecule has 0 bridgehead atoms. The number of nitrogens with one attached hydrogen (secondary N) is 1. The highest BCUT2D eigenvalue weighted by Gasteiger charge is 2.08. The normalized spacial score (nSPS) is 10.3. The number of rotatable bonds is 2. The van der Waals surface area contributed by atoms with E-state index in [0.717, 1.165) is 11.3 Å². The van der Waals surface area contributed by atoms with Gasteiger partial charge in [0, 0.05) is 25.5 Å². The van der Waals surface area contributed by atoms with E-state index in [1.54, 1.807) is 16.9 Å². The molecule has 6 heteroatoms. The highest BCUT2D eigenvalue weighted by molar-refractivity contribution is 5.58. The third-order valence-corrected chi connectivity index (χ3v) is 2.06. The lowest BCUT2D eigenvalue weighted by molar-refractivity contribution is 0.756. The minimum atomic E-state index is 0.586. The van der Waals surface area contributed by atoms with E-state index in [-0.39, 0.29) is 0 Å². The molecule has 0 saturated carbocycles. The summed E-state index contributed by atoms with van der Waals surface area (Å²) in [6, 6.07) is 1.70. The second-order valence-electron chi connectivity index (χ2n) is 3.21. The summed E-state index contributed by atoms with van der Waals surface area (Å²) in [4.78, 5) is 8.41. The quantitative estimate of drug-likeness (QED) is 0.549. The van der Waals surface area contributed by atoms with E-state index in [1.807, 2.05) is 20.2 Å². The SMILES string of the molecule is Cc1nn(C)cc1-c1nccc(NN)n1. The Balaban J connectivity index is 2.49. The Labute approximate surface area is 87.1 Å². The Morgan fingerprint density at radius 3 is 2.87 bits per heavy atom. The van der Waals surface area contributed by atoms with Gasteiger partial charge in [0.15, 0.2) is 5.82 Å². The third-order valence-electron chi connectivity index (χ3n) is 2.06. The molecular formula is C9H12N6. The third kappa shape index (κ3) is 1.79. The molecule has 0 spiro atoms. The van der Waals surface area contributed by atoms with E-state index in [1.165, 1.54) is 0 Å². The highest BCUT2D eigenvalue weighted by Crippen LogP contribution is 2.18. The second kappa shape index (κ2) is 3.66. The summed E-state index contributed by atoms with van der Waals surface area (Å²) in [7, 11) is 1.86. The van der Waals surface area contributed by atoms with Gasteiger partial charge in [0.05, 0.1) is 11.3 Å². The molecule has 2 heterocycles. The van der Waals surface area contributed by atoms with E-state index in [0.29, 0.717) is 11.6 Å². The van der Waals surface area contributed by atoms with Gasteiger partial charge in [0.25, 0.3) is 0 Å². The lowest BCUT2D eigenvalue weighted by Crippen LogP contribution is -2.09. The molecule has 2 aromatic heterocycles. The van der Waals surface area contributed by atoms with E-state index in [9.17, 15) is 0 Å².